The summed E-state index contributed by atoms with van der Waals surface area (Å²) in [7, 11) is 0. The van der Waals surface area contributed by atoms with Crippen LogP contribution in [0.3, 0.4) is 0 Å². The van der Waals surface area contributed by atoms with Crippen LogP contribution in [0, 0.1) is 13.8 Å². The van der Waals surface area contributed by atoms with Crippen LogP contribution in [0.25, 0.3) is 0 Å². The first-order chi connectivity index (χ1) is 17.3. The van der Waals surface area contributed by atoms with Crippen LogP contribution in [0.1, 0.15) is 68.4 Å². The lowest BCUT2D eigenvalue weighted by Gasteiger charge is -2.32. The summed E-state index contributed by atoms with van der Waals surface area (Å²) in [4.78, 5) is 53.1. The maximum absolute atomic E-state index is 13.6. The lowest BCUT2D eigenvalue weighted by Crippen LogP contribution is -2.48. The first-order valence-corrected chi connectivity index (χ1v) is 12.3. The number of hydrogen-bond acceptors (Lipinski definition) is 7. The lowest BCUT2D eigenvalue weighted by molar-refractivity contribution is -0.152. The Labute approximate surface area is 210 Å². The Morgan fingerprint density at radius 1 is 1.14 bits per heavy atom. The minimum absolute atomic E-state index is 0.0280. The Kier molecular flexibility index (Phi) is 9.61. The third kappa shape index (κ3) is 7.40. The van der Waals surface area contributed by atoms with Gasteiger partial charge in [-0.1, -0.05) is 42.3 Å². The van der Waals surface area contributed by atoms with Crippen molar-refractivity contribution in [1.29, 1.82) is 0 Å². The van der Waals surface area contributed by atoms with Gasteiger partial charge in [-0.25, -0.2) is 0 Å². The topological polar surface area (TPSA) is 131 Å². The van der Waals surface area contributed by atoms with E-state index in [4.69, 9.17) is 9.26 Å². The van der Waals surface area contributed by atoms with E-state index in [0.717, 1.165) is 31.2 Å². The molecule has 1 atom stereocenters. The Hall–Kier alpha value is -3.69. The average molecular weight is 499 g/mol. The third-order valence-electron chi connectivity index (χ3n) is 6.13. The van der Waals surface area contributed by atoms with E-state index in [2.05, 4.69) is 15.8 Å². The number of anilines is 1. The molecule has 1 aromatic heterocycles. The van der Waals surface area contributed by atoms with Crippen LogP contribution in [-0.2, 0) is 23.9 Å². The summed E-state index contributed by atoms with van der Waals surface area (Å²) in [6, 6.07) is 7.82. The van der Waals surface area contributed by atoms with Crippen LogP contribution >= 0.6 is 0 Å². The summed E-state index contributed by atoms with van der Waals surface area (Å²) >= 11 is 0. The van der Waals surface area contributed by atoms with Gasteiger partial charge in [0.25, 0.3) is 0 Å². The van der Waals surface area contributed by atoms with E-state index < -0.39 is 30.4 Å². The van der Waals surface area contributed by atoms with Gasteiger partial charge in [0, 0.05) is 24.9 Å². The predicted octanol–water partition coefficient (Wildman–Crippen LogP) is 3.20. The normalized spacial score (nSPS) is 14.2. The van der Waals surface area contributed by atoms with Crippen LogP contribution < -0.4 is 10.6 Å². The molecule has 10 heteroatoms. The molecule has 0 bridgehead atoms. The molecule has 2 N–H and O–H groups in total. The van der Waals surface area contributed by atoms with Gasteiger partial charge in [0.15, 0.2) is 5.82 Å². The van der Waals surface area contributed by atoms with Crippen molar-refractivity contribution in [2.75, 3.05) is 18.5 Å². The first-order valence-electron chi connectivity index (χ1n) is 12.3. The Balaban J connectivity index is 1.83. The van der Waals surface area contributed by atoms with E-state index in [0.29, 0.717) is 11.3 Å². The van der Waals surface area contributed by atoms with Crippen molar-refractivity contribution in [3.8, 4) is 0 Å². The number of esters is 1. The number of nitrogens with one attached hydrogen (secondary N) is 2. The molecular weight excluding hydrogens is 464 g/mol. The number of benzene rings is 1. The fourth-order valence-electron chi connectivity index (χ4n) is 4.36. The second-order valence-corrected chi connectivity index (χ2v) is 8.95. The molecule has 1 heterocycles. The molecule has 0 spiro atoms. The van der Waals surface area contributed by atoms with Gasteiger partial charge in [-0.05, 0) is 44.7 Å². The van der Waals surface area contributed by atoms with Crippen LogP contribution in [0.15, 0.2) is 34.9 Å². The number of rotatable bonds is 11. The quantitative estimate of drug-likeness (QED) is 0.455. The van der Waals surface area contributed by atoms with Crippen molar-refractivity contribution in [3.05, 3.63) is 47.2 Å². The van der Waals surface area contributed by atoms with Crippen molar-refractivity contribution in [2.24, 2.45) is 0 Å². The minimum atomic E-state index is -1.04. The molecule has 0 aliphatic heterocycles. The summed E-state index contributed by atoms with van der Waals surface area (Å²) in [6.45, 7) is 4.95. The summed E-state index contributed by atoms with van der Waals surface area (Å²) < 4.78 is 10.0. The highest BCUT2D eigenvalue weighted by Gasteiger charge is 2.35. The standard InChI is InChI=1S/C26H34N4O6/c1-4-35-24(33)16-30(23(32)14-13-22(31)28-21-15-18(3)36-29-21)25(20-12-8-5-9-17(20)2)26(34)27-19-10-6-7-11-19/h5,8-9,12,15,19,25H,4,6-7,10-11,13-14,16H2,1-3H3,(H,27,34)(H,28,29,31). The highest BCUT2D eigenvalue weighted by atomic mass is 16.5. The molecule has 3 rings (SSSR count). The number of hydrogen-bond donors (Lipinski definition) is 2. The Morgan fingerprint density at radius 3 is 2.50 bits per heavy atom. The molecular formula is C26H34N4O6. The smallest absolute Gasteiger partial charge is 0.325 e. The zero-order valence-corrected chi connectivity index (χ0v) is 21.0. The van der Waals surface area contributed by atoms with Crippen LogP contribution in [0.4, 0.5) is 5.82 Å². The monoisotopic (exact) mass is 498 g/mol. The SMILES string of the molecule is CCOC(=O)CN(C(=O)CCC(=O)Nc1cc(C)on1)C(C(=O)NC1CCCC1)c1ccccc1C. The zero-order valence-electron chi connectivity index (χ0n) is 21.0. The highest BCUT2D eigenvalue weighted by molar-refractivity contribution is 5.95. The van der Waals surface area contributed by atoms with Crippen molar-refractivity contribution in [1.82, 2.24) is 15.4 Å². The Morgan fingerprint density at radius 2 is 1.86 bits per heavy atom. The second kappa shape index (κ2) is 12.9. The number of carbonyl (C=O) groups excluding carboxylic acids is 4. The number of carbonyl (C=O) groups is 4. The third-order valence-corrected chi connectivity index (χ3v) is 6.13. The number of amides is 3. The van der Waals surface area contributed by atoms with Crippen molar-refractivity contribution >= 4 is 29.5 Å². The molecule has 194 valence electrons. The molecule has 1 aliphatic carbocycles. The zero-order chi connectivity index (χ0) is 26.1. The summed E-state index contributed by atoms with van der Waals surface area (Å²) in [5, 5.41) is 9.35. The fourth-order valence-corrected chi connectivity index (χ4v) is 4.36. The van der Waals surface area contributed by atoms with Gasteiger partial charge in [-0.15, -0.1) is 0 Å². The van der Waals surface area contributed by atoms with Gasteiger partial charge in [-0.3, -0.25) is 19.2 Å². The second-order valence-electron chi connectivity index (χ2n) is 8.95. The number of aryl methyl sites for hydroxylation is 2. The summed E-state index contributed by atoms with van der Waals surface area (Å²) in [5.41, 5.74) is 1.43. The van der Waals surface area contributed by atoms with Gasteiger partial charge in [-0.2, -0.15) is 0 Å². The molecule has 0 saturated heterocycles. The number of ether oxygens (including phenoxy) is 1. The van der Waals surface area contributed by atoms with Crippen molar-refractivity contribution < 1.29 is 28.4 Å². The van der Waals surface area contributed by atoms with E-state index >= 15 is 0 Å². The van der Waals surface area contributed by atoms with Crippen molar-refractivity contribution in [2.45, 2.75) is 71.4 Å². The fraction of sp³-hybridized carbons (Fsp3) is 0.500. The van der Waals surface area contributed by atoms with Gasteiger partial charge in [0.2, 0.25) is 17.7 Å². The largest absolute Gasteiger partial charge is 0.465 e. The molecule has 36 heavy (non-hydrogen) atoms. The van der Waals surface area contributed by atoms with E-state index in [1.54, 1.807) is 32.0 Å². The van der Waals surface area contributed by atoms with Crippen LogP contribution in [-0.4, -0.2) is 52.9 Å². The molecule has 0 radical (unpaired) electrons. The van der Waals surface area contributed by atoms with E-state index in [1.807, 2.05) is 19.1 Å². The molecule has 1 aromatic carbocycles. The van der Waals surface area contributed by atoms with Gasteiger partial charge in [0.1, 0.15) is 18.3 Å². The van der Waals surface area contributed by atoms with Gasteiger partial charge >= 0.3 is 5.97 Å². The van der Waals surface area contributed by atoms with E-state index in [-0.39, 0.29) is 37.2 Å². The van der Waals surface area contributed by atoms with E-state index in [9.17, 15) is 19.2 Å². The van der Waals surface area contributed by atoms with Crippen LogP contribution in [0.5, 0.6) is 0 Å². The first kappa shape index (κ1) is 26.9. The molecule has 2 aromatic rings. The molecule has 1 saturated carbocycles. The molecule has 1 unspecified atom stereocenters. The van der Waals surface area contributed by atoms with E-state index in [1.165, 1.54) is 4.90 Å². The van der Waals surface area contributed by atoms with Crippen LogP contribution in [0.2, 0.25) is 0 Å². The Bertz CT molecular complexity index is 1080. The maximum atomic E-state index is 13.6. The highest BCUT2D eigenvalue weighted by Crippen LogP contribution is 2.27. The summed E-state index contributed by atoms with van der Waals surface area (Å²) in [6.07, 6.45) is 3.45. The lowest BCUT2D eigenvalue weighted by atomic mass is 9.98. The maximum Gasteiger partial charge on any atom is 0.325 e. The molecule has 3 amide bonds. The van der Waals surface area contributed by atoms with Gasteiger partial charge in [0.05, 0.1) is 6.61 Å². The van der Waals surface area contributed by atoms with Gasteiger partial charge < -0.3 is 24.8 Å². The minimum Gasteiger partial charge on any atom is -0.465 e. The predicted molar refractivity (Wildman–Crippen MR) is 132 cm³/mol. The average Bonchev–Trinajstić information content (AvgIpc) is 3.50. The summed E-state index contributed by atoms with van der Waals surface area (Å²) in [5.74, 6) is -1.13. The molecule has 1 fully saturated rings. The molecule has 10 nitrogen and oxygen atoms in total. The number of aromatic nitrogens is 1. The number of nitrogens with zero attached hydrogens (tertiary/aromatic N) is 2. The van der Waals surface area contributed by atoms with Crippen molar-refractivity contribution in [3.63, 3.8) is 0 Å². The molecule has 1 aliphatic rings.